The zero-order valence-corrected chi connectivity index (χ0v) is 29.5. The molecule has 0 radical (unpaired) electrons. The van der Waals surface area contributed by atoms with Gasteiger partial charge in [-0.25, -0.2) is 4.98 Å². The van der Waals surface area contributed by atoms with Gasteiger partial charge >= 0.3 is 0 Å². The van der Waals surface area contributed by atoms with Crippen LogP contribution in [0, 0.1) is 0 Å². The van der Waals surface area contributed by atoms with E-state index in [-0.39, 0.29) is 0 Å². The number of nitrogens with zero attached hydrogens (tertiary/aromatic N) is 2. The molecule has 10 aromatic rings. The average molecular weight is 687 g/mol. The van der Waals surface area contributed by atoms with Crippen LogP contribution in [0.25, 0.3) is 99.5 Å². The summed E-state index contributed by atoms with van der Waals surface area (Å²) in [6.45, 7) is 0. The molecular formula is C52H34N2. The van der Waals surface area contributed by atoms with E-state index < -0.39 is 0 Å². The van der Waals surface area contributed by atoms with Crippen molar-refractivity contribution in [2.45, 2.75) is 0 Å². The van der Waals surface area contributed by atoms with Crippen molar-refractivity contribution < 1.29 is 0 Å². The quantitative estimate of drug-likeness (QED) is 0.163. The first-order valence-corrected chi connectivity index (χ1v) is 18.4. The number of pyridine rings is 2. The van der Waals surface area contributed by atoms with Gasteiger partial charge in [-0.1, -0.05) is 176 Å². The van der Waals surface area contributed by atoms with Crippen molar-refractivity contribution in [1.82, 2.24) is 9.97 Å². The van der Waals surface area contributed by atoms with E-state index in [9.17, 15) is 0 Å². The average Bonchev–Trinajstić information content (AvgIpc) is 3.26. The van der Waals surface area contributed by atoms with Crippen LogP contribution in [0.15, 0.2) is 206 Å². The number of aromatic nitrogens is 2. The summed E-state index contributed by atoms with van der Waals surface area (Å²) in [5.74, 6) is 0. The van der Waals surface area contributed by atoms with Crippen molar-refractivity contribution in [2.24, 2.45) is 0 Å². The van der Waals surface area contributed by atoms with E-state index in [1.165, 1.54) is 33.2 Å². The molecule has 54 heavy (non-hydrogen) atoms. The van der Waals surface area contributed by atoms with Gasteiger partial charge in [-0.05, 0) is 79.7 Å². The lowest BCUT2D eigenvalue weighted by Gasteiger charge is -2.16. The third-order valence-electron chi connectivity index (χ3n) is 10.5. The highest BCUT2D eigenvalue weighted by molar-refractivity contribution is 6.16. The molecule has 0 aliphatic rings. The number of para-hydroxylation sites is 1. The second kappa shape index (κ2) is 13.4. The SMILES string of the molecule is c1ccc(-c2ccc(-c3cc(-c4ccc(-c5ccccc5)cc4)c4cc(-c5ccc(-c6cnc7ccccc7c6)cc5)c5ccccc5c4n3)cc2)cc1. The zero-order chi connectivity index (χ0) is 35.8. The van der Waals surface area contributed by atoms with Crippen molar-refractivity contribution >= 4 is 32.6 Å². The first kappa shape index (κ1) is 31.6. The van der Waals surface area contributed by atoms with Crippen molar-refractivity contribution in [3.63, 3.8) is 0 Å². The normalized spacial score (nSPS) is 11.3. The molecule has 2 heteroatoms. The molecule has 0 aliphatic heterocycles. The van der Waals surface area contributed by atoms with Crippen LogP contribution in [0.4, 0.5) is 0 Å². The minimum Gasteiger partial charge on any atom is -0.256 e. The van der Waals surface area contributed by atoms with Crippen LogP contribution in [0.2, 0.25) is 0 Å². The molecule has 0 spiro atoms. The number of fused-ring (bicyclic) bond motifs is 4. The summed E-state index contributed by atoms with van der Waals surface area (Å²) in [6, 6.07) is 71.5. The van der Waals surface area contributed by atoms with Crippen LogP contribution >= 0.6 is 0 Å². The molecule has 0 aliphatic carbocycles. The fourth-order valence-corrected chi connectivity index (χ4v) is 7.69. The molecule has 0 N–H and O–H groups in total. The van der Waals surface area contributed by atoms with E-state index in [0.29, 0.717) is 0 Å². The Hall–Kier alpha value is -7.16. The number of hydrogen-bond acceptors (Lipinski definition) is 2. The fraction of sp³-hybridized carbons (Fsp3) is 0. The van der Waals surface area contributed by atoms with Gasteiger partial charge < -0.3 is 0 Å². The summed E-state index contributed by atoms with van der Waals surface area (Å²) in [5, 5.41) is 4.59. The molecule has 0 atom stereocenters. The third kappa shape index (κ3) is 5.81. The molecule has 2 heterocycles. The van der Waals surface area contributed by atoms with Crippen molar-refractivity contribution in [1.29, 1.82) is 0 Å². The maximum Gasteiger partial charge on any atom is 0.0794 e. The van der Waals surface area contributed by atoms with Crippen LogP contribution < -0.4 is 0 Å². The maximum absolute atomic E-state index is 5.43. The van der Waals surface area contributed by atoms with Gasteiger partial charge in [0.25, 0.3) is 0 Å². The first-order chi connectivity index (χ1) is 26.7. The highest BCUT2D eigenvalue weighted by Crippen LogP contribution is 2.41. The Bertz CT molecular complexity index is 2930. The summed E-state index contributed by atoms with van der Waals surface area (Å²) in [6.07, 6.45) is 1.97. The monoisotopic (exact) mass is 686 g/mol. The molecule has 10 rings (SSSR count). The van der Waals surface area contributed by atoms with Crippen molar-refractivity contribution in [3.05, 3.63) is 206 Å². The van der Waals surface area contributed by atoms with E-state index in [1.54, 1.807) is 0 Å². The van der Waals surface area contributed by atoms with Crippen LogP contribution in [0.1, 0.15) is 0 Å². The lowest BCUT2D eigenvalue weighted by Crippen LogP contribution is -1.93. The Morgan fingerprint density at radius 3 is 1.39 bits per heavy atom. The van der Waals surface area contributed by atoms with E-state index in [1.807, 2.05) is 12.3 Å². The Balaban J connectivity index is 1.14. The van der Waals surface area contributed by atoms with Gasteiger partial charge in [0.1, 0.15) is 0 Å². The minimum atomic E-state index is 0.954. The van der Waals surface area contributed by atoms with Gasteiger partial charge in [0.2, 0.25) is 0 Å². The molecule has 0 amide bonds. The smallest absolute Gasteiger partial charge is 0.0794 e. The molecule has 0 saturated heterocycles. The molecule has 8 aromatic carbocycles. The Morgan fingerprint density at radius 1 is 0.296 bits per heavy atom. The number of benzene rings is 8. The predicted molar refractivity (Wildman–Crippen MR) is 227 cm³/mol. The second-order valence-corrected chi connectivity index (χ2v) is 13.8. The summed E-state index contributed by atoms with van der Waals surface area (Å²) < 4.78 is 0. The van der Waals surface area contributed by atoms with Crippen LogP contribution in [0.3, 0.4) is 0 Å². The topological polar surface area (TPSA) is 25.8 Å². The zero-order valence-electron chi connectivity index (χ0n) is 29.5. The van der Waals surface area contributed by atoms with E-state index >= 15 is 0 Å². The van der Waals surface area contributed by atoms with Gasteiger partial charge in [-0.15, -0.1) is 0 Å². The van der Waals surface area contributed by atoms with E-state index in [0.717, 1.165) is 66.3 Å². The lowest BCUT2D eigenvalue weighted by atomic mass is 9.90. The highest BCUT2D eigenvalue weighted by atomic mass is 14.7. The van der Waals surface area contributed by atoms with Crippen molar-refractivity contribution in [2.75, 3.05) is 0 Å². The molecule has 2 nitrogen and oxygen atoms in total. The summed E-state index contributed by atoms with van der Waals surface area (Å²) in [7, 11) is 0. The molecule has 252 valence electrons. The summed E-state index contributed by atoms with van der Waals surface area (Å²) in [5.41, 5.74) is 15.8. The first-order valence-electron chi connectivity index (χ1n) is 18.4. The second-order valence-electron chi connectivity index (χ2n) is 13.8. The van der Waals surface area contributed by atoms with Gasteiger partial charge in [-0.3, -0.25) is 4.98 Å². The third-order valence-corrected chi connectivity index (χ3v) is 10.5. The Labute approximate surface area is 314 Å². The molecule has 0 fully saturated rings. The lowest BCUT2D eigenvalue weighted by molar-refractivity contribution is 1.40. The largest absolute Gasteiger partial charge is 0.256 e. The van der Waals surface area contributed by atoms with E-state index in [2.05, 4.69) is 194 Å². The van der Waals surface area contributed by atoms with Crippen LogP contribution in [0.5, 0.6) is 0 Å². The maximum atomic E-state index is 5.43. The van der Waals surface area contributed by atoms with Gasteiger partial charge in [0, 0.05) is 33.5 Å². The Morgan fingerprint density at radius 2 is 0.759 bits per heavy atom. The van der Waals surface area contributed by atoms with Crippen LogP contribution in [-0.4, -0.2) is 9.97 Å². The van der Waals surface area contributed by atoms with E-state index in [4.69, 9.17) is 9.97 Å². The predicted octanol–water partition coefficient (Wildman–Crippen LogP) is 13.9. The highest BCUT2D eigenvalue weighted by Gasteiger charge is 2.17. The van der Waals surface area contributed by atoms with Gasteiger partial charge in [-0.2, -0.15) is 0 Å². The van der Waals surface area contributed by atoms with Gasteiger partial charge in [0.05, 0.1) is 16.7 Å². The van der Waals surface area contributed by atoms with Crippen LogP contribution in [-0.2, 0) is 0 Å². The summed E-state index contributed by atoms with van der Waals surface area (Å²) in [4.78, 5) is 10.1. The van der Waals surface area contributed by atoms with Crippen molar-refractivity contribution in [3.8, 4) is 66.9 Å². The fourth-order valence-electron chi connectivity index (χ4n) is 7.69. The molecule has 2 aromatic heterocycles. The minimum absolute atomic E-state index is 0.954. The summed E-state index contributed by atoms with van der Waals surface area (Å²) >= 11 is 0. The number of hydrogen-bond donors (Lipinski definition) is 0. The molecule has 0 saturated carbocycles. The standard InChI is InChI=1S/C52H34N2/c1-3-11-35(12-4-1)37-19-25-41(26-20-37)48-33-51(42-29-23-38(24-30-42)36-13-5-2-6-14-36)54-52-46-17-9-8-16-45(46)47(32-49(48)52)40-27-21-39(22-28-40)44-31-43-15-7-10-18-50(43)53-34-44/h1-34H. The molecule has 0 bridgehead atoms. The number of rotatable bonds is 6. The Kier molecular flexibility index (Phi) is 7.85. The van der Waals surface area contributed by atoms with Gasteiger partial charge in [0.15, 0.2) is 0 Å². The molecule has 0 unspecified atom stereocenters. The molecular weight excluding hydrogens is 653 g/mol.